The van der Waals surface area contributed by atoms with E-state index >= 15 is 0 Å². The number of fused-ring (bicyclic) bond motifs is 3. The van der Waals surface area contributed by atoms with Crippen molar-refractivity contribution < 1.29 is 4.42 Å². The number of furan rings is 1. The molecule has 1 aliphatic rings. The average molecular weight is 268 g/mol. The SMILES string of the molecule is Nc1ncnc2c1c1c(n2Cc2ccco2)CCCC1. The highest BCUT2D eigenvalue weighted by Crippen LogP contribution is 2.33. The lowest BCUT2D eigenvalue weighted by Gasteiger charge is -2.14. The molecule has 5 heteroatoms. The molecule has 0 aliphatic heterocycles. The van der Waals surface area contributed by atoms with Gasteiger partial charge in [0.2, 0.25) is 0 Å². The zero-order valence-electron chi connectivity index (χ0n) is 11.2. The van der Waals surface area contributed by atoms with Gasteiger partial charge in [-0.1, -0.05) is 0 Å². The number of hydrogen-bond acceptors (Lipinski definition) is 4. The highest BCUT2D eigenvalue weighted by Gasteiger charge is 2.23. The van der Waals surface area contributed by atoms with Crippen molar-refractivity contribution >= 4 is 16.9 Å². The molecule has 0 amide bonds. The van der Waals surface area contributed by atoms with Crippen LogP contribution in [0.2, 0.25) is 0 Å². The number of aromatic nitrogens is 3. The van der Waals surface area contributed by atoms with Crippen LogP contribution >= 0.6 is 0 Å². The summed E-state index contributed by atoms with van der Waals surface area (Å²) in [5, 5.41) is 1.04. The summed E-state index contributed by atoms with van der Waals surface area (Å²) in [5.41, 5.74) is 9.68. The molecule has 1 aliphatic carbocycles. The number of anilines is 1. The van der Waals surface area contributed by atoms with E-state index in [1.807, 2.05) is 12.1 Å². The van der Waals surface area contributed by atoms with Crippen molar-refractivity contribution in [2.45, 2.75) is 32.2 Å². The smallest absolute Gasteiger partial charge is 0.146 e. The summed E-state index contributed by atoms with van der Waals surface area (Å²) in [6, 6.07) is 3.91. The van der Waals surface area contributed by atoms with Gasteiger partial charge in [0.05, 0.1) is 18.2 Å². The molecule has 5 nitrogen and oxygen atoms in total. The second-order valence-electron chi connectivity index (χ2n) is 5.26. The lowest BCUT2D eigenvalue weighted by atomic mass is 9.96. The van der Waals surface area contributed by atoms with E-state index < -0.39 is 0 Å². The minimum Gasteiger partial charge on any atom is -0.467 e. The Morgan fingerprint density at radius 1 is 1.25 bits per heavy atom. The second kappa shape index (κ2) is 4.37. The van der Waals surface area contributed by atoms with E-state index in [2.05, 4.69) is 14.5 Å². The van der Waals surface area contributed by atoms with Gasteiger partial charge < -0.3 is 14.7 Å². The van der Waals surface area contributed by atoms with Gasteiger partial charge in [-0.2, -0.15) is 0 Å². The van der Waals surface area contributed by atoms with E-state index in [4.69, 9.17) is 10.2 Å². The first-order valence-electron chi connectivity index (χ1n) is 6.97. The van der Waals surface area contributed by atoms with Crippen LogP contribution in [0.25, 0.3) is 11.0 Å². The lowest BCUT2D eigenvalue weighted by Crippen LogP contribution is -2.09. The van der Waals surface area contributed by atoms with Crippen LogP contribution in [0.3, 0.4) is 0 Å². The van der Waals surface area contributed by atoms with Gasteiger partial charge in [0.15, 0.2) is 0 Å². The first-order valence-corrected chi connectivity index (χ1v) is 6.97. The molecular weight excluding hydrogens is 252 g/mol. The molecule has 0 aromatic carbocycles. The van der Waals surface area contributed by atoms with Gasteiger partial charge in [0.25, 0.3) is 0 Å². The molecular formula is C15H16N4O. The third-order valence-corrected chi connectivity index (χ3v) is 4.07. The summed E-state index contributed by atoms with van der Waals surface area (Å²) in [7, 11) is 0. The van der Waals surface area contributed by atoms with Crippen molar-refractivity contribution in [1.29, 1.82) is 0 Å². The Labute approximate surface area is 116 Å². The molecule has 0 spiro atoms. The molecule has 3 heterocycles. The largest absolute Gasteiger partial charge is 0.467 e. The fourth-order valence-corrected chi connectivity index (χ4v) is 3.20. The molecule has 0 bridgehead atoms. The van der Waals surface area contributed by atoms with Gasteiger partial charge in [0, 0.05) is 5.69 Å². The average Bonchev–Trinajstić information content (AvgIpc) is 3.08. The Kier molecular flexibility index (Phi) is 2.52. The minimum atomic E-state index is 0.589. The van der Waals surface area contributed by atoms with E-state index in [9.17, 15) is 0 Å². The number of nitrogen functional groups attached to an aromatic ring is 1. The zero-order chi connectivity index (χ0) is 13.5. The normalized spacial score (nSPS) is 14.6. The van der Waals surface area contributed by atoms with Crippen molar-refractivity contribution in [2.75, 3.05) is 5.73 Å². The quantitative estimate of drug-likeness (QED) is 0.775. The maximum atomic E-state index is 6.08. The zero-order valence-corrected chi connectivity index (χ0v) is 11.2. The molecule has 4 rings (SSSR count). The standard InChI is InChI=1S/C15H16N4O/c16-14-13-11-5-1-2-6-12(11)19(15(13)18-9-17-14)8-10-4-3-7-20-10/h3-4,7,9H,1-2,5-6,8H2,(H2,16,17,18). The van der Waals surface area contributed by atoms with E-state index in [1.54, 1.807) is 12.6 Å². The molecule has 102 valence electrons. The van der Waals surface area contributed by atoms with Crippen LogP contribution in [0, 0.1) is 0 Å². The number of nitrogens with two attached hydrogens (primary N) is 1. The summed E-state index contributed by atoms with van der Waals surface area (Å²) in [4.78, 5) is 8.61. The third-order valence-electron chi connectivity index (χ3n) is 4.07. The van der Waals surface area contributed by atoms with E-state index in [0.29, 0.717) is 12.4 Å². The van der Waals surface area contributed by atoms with Gasteiger partial charge in [0.1, 0.15) is 23.6 Å². The number of nitrogens with zero attached hydrogens (tertiary/aromatic N) is 3. The number of hydrogen-bond donors (Lipinski definition) is 1. The summed E-state index contributed by atoms with van der Waals surface area (Å²) in [5.74, 6) is 1.53. The fourth-order valence-electron chi connectivity index (χ4n) is 3.20. The number of aryl methyl sites for hydroxylation is 1. The fraction of sp³-hybridized carbons (Fsp3) is 0.333. The summed E-state index contributed by atoms with van der Waals surface area (Å²) >= 11 is 0. The van der Waals surface area contributed by atoms with Crippen molar-refractivity contribution in [1.82, 2.24) is 14.5 Å². The van der Waals surface area contributed by atoms with Crippen LogP contribution < -0.4 is 5.73 Å². The summed E-state index contributed by atoms with van der Waals surface area (Å²) in [6.45, 7) is 0.704. The van der Waals surface area contributed by atoms with E-state index in [-0.39, 0.29) is 0 Å². The minimum absolute atomic E-state index is 0.589. The molecule has 0 atom stereocenters. The van der Waals surface area contributed by atoms with Gasteiger partial charge in [-0.05, 0) is 43.4 Å². The molecule has 0 fully saturated rings. The Bertz CT molecular complexity index is 758. The van der Waals surface area contributed by atoms with Crippen molar-refractivity contribution in [2.24, 2.45) is 0 Å². The van der Waals surface area contributed by atoms with Crippen LogP contribution in [-0.2, 0) is 19.4 Å². The van der Waals surface area contributed by atoms with Crippen LogP contribution in [0.15, 0.2) is 29.1 Å². The maximum absolute atomic E-state index is 6.08. The van der Waals surface area contributed by atoms with Gasteiger partial charge in [-0.25, -0.2) is 9.97 Å². The predicted molar refractivity (Wildman–Crippen MR) is 76.4 cm³/mol. The molecule has 20 heavy (non-hydrogen) atoms. The monoisotopic (exact) mass is 268 g/mol. The highest BCUT2D eigenvalue weighted by molar-refractivity contribution is 5.91. The third kappa shape index (κ3) is 1.62. The lowest BCUT2D eigenvalue weighted by molar-refractivity contribution is 0.489. The van der Waals surface area contributed by atoms with Gasteiger partial charge in [-0.3, -0.25) is 0 Å². The molecule has 0 radical (unpaired) electrons. The second-order valence-corrected chi connectivity index (χ2v) is 5.26. The topological polar surface area (TPSA) is 69.9 Å². The predicted octanol–water partition coefficient (Wildman–Crippen LogP) is 2.53. The van der Waals surface area contributed by atoms with Crippen molar-refractivity contribution in [3.63, 3.8) is 0 Å². The van der Waals surface area contributed by atoms with Crippen molar-refractivity contribution in [3.05, 3.63) is 41.7 Å². The van der Waals surface area contributed by atoms with E-state index in [0.717, 1.165) is 29.6 Å². The summed E-state index contributed by atoms with van der Waals surface area (Å²) < 4.78 is 7.72. The van der Waals surface area contributed by atoms with E-state index in [1.165, 1.54) is 24.1 Å². The maximum Gasteiger partial charge on any atom is 0.146 e. The highest BCUT2D eigenvalue weighted by atomic mass is 16.3. The molecule has 0 saturated carbocycles. The Hall–Kier alpha value is -2.30. The van der Waals surface area contributed by atoms with Crippen molar-refractivity contribution in [3.8, 4) is 0 Å². The van der Waals surface area contributed by atoms with Gasteiger partial charge >= 0.3 is 0 Å². The first-order chi connectivity index (χ1) is 9.84. The molecule has 3 aromatic rings. The molecule has 3 aromatic heterocycles. The van der Waals surface area contributed by atoms with Crippen LogP contribution in [-0.4, -0.2) is 14.5 Å². The Morgan fingerprint density at radius 3 is 3.00 bits per heavy atom. The van der Waals surface area contributed by atoms with Gasteiger partial charge in [-0.15, -0.1) is 0 Å². The molecule has 2 N–H and O–H groups in total. The van der Waals surface area contributed by atoms with Crippen LogP contribution in [0.1, 0.15) is 29.9 Å². The van der Waals surface area contributed by atoms with Crippen LogP contribution in [0.5, 0.6) is 0 Å². The van der Waals surface area contributed by atoms with Crippen LogP contribution in [0.4, 0.5) is 5.82 Å². The first kappa shape index (κ1) is 11.5. The summed E-state index contributed by atoms with van der Waals surface area (Å²) in [6.07, 6.45) is 7.81. The Morgan fingerprint density at radius 2 is 2.15 bits per heavy atom. The number of rotatable bonds is 2. The molecule has 0 saturated heterocycles. The molecule has 0 unspecified atom stereocenters. The Balaban J connectivity index is 1.96.